The highest BCUT2D eigenvalue weighted by Gasteiger charge is 2.66. The first-order valence-electron chi connectivity index (χ1n) is 7.01. The van der Waals surface area contributed by atoms with Gasteiger partial charge in [-0.1, -0.05) is 5.16 Å². The molecule has 3 N–H and O–H groups in total. The van der Waals surface area contributed by atoms with E-state index in [0.29, 0.717) is 12.4 Å². The van der Waals surface area contributed by atoms with E-state index in [1.54, 1.807) is 6.92 Å². The van der Waals surface area contributed by atoms with Crippen LogP contribution in [0.5, 0.6) is 0 Å². The molecule has 3 rings (SSSR count). The van der Waals surface area contributed by atoms with Crippen molar-refractivity contribution in [2.45, 2.75) is 26.2 Å². The van der Waals surface area contributed by atoms with Crippen LogP contribution in [0.2, 0.25) is 0 Å². The molecule has 1 atom stereocenters. The van der Waals surface area contributed by atoms with Gasteiger partial charge in [0.05, 0.1) is 6.61 Å². The molecule has 1 spiro atoms. The van der Waals surface area contributed by atoms with Crippen molar-refractivity contribution in [3.63, 3.8) is 0 Å². The van der Waals surface area contributed by atoms with Gasteiger partial charge in [-0.2, -0.15) is 4.98 Å². The summed E-state index contributed by atoms with van der Waals surface area (Å²) >= 11 is 0. The highest BCUT2D eigenvalue weighted by molar-refractivity contribution is 5.90. The molecule has 1 amide bonds. The molecule has 1 aliphatic heterocycles. The van der Waals surface area contributed by atoms with Crippen molar-refractivity contribution in [3.05, 3.63) is 11.7 Å². The van der Waals surface area contributed by atoms with E-state index in [1.165, 1.54) is 0 Å². The van der Waals surface area contributed by atoms with Gasteiger partial charge in [-0.25, -0.2) is 0 Å². The van der Waals surface area contributed by atoms with E-state index in [9.17, 15) is 9.90 Å². The van der Waals surface area contributed by atoms with E-state index in [-0.39, 0.29) is 29.2 Å². The van der Waals surface area contributed by atoms with E-state index in [1.807, 2.05) is 0 Å². The summed E-state index contributed by atoms with van der Waals surface area (Å²) in [6, 6.07) is 0. The van der Waals surface area contributed by atoms with Crippen molar-refractivity contribution in [2.75, 3.05) is 26.2 Å². The largest absolute Gasteiger partial charge is 0.396 e. The number of piperidine rings is 1. The maximum Gasteiger partial charge on any atom is 0.292 e. The third-order valence-corrected chi connectivity index (χ3v) is 4.86. The second-order valence-electron chi connectivity index (χ2n) is 5.97. The average Bonchev–Trinajstić information content (AvgIpc) is 2.83. The van der Waals surface area contributed by atoms with Gasteiger partial charge in [0.15, 0.2) is 0 Å². The molecule has 0 radical (unpaired) electrons. The molecule has 110 valence electrons. The minimum absolute atomic E-state index is 0.0515. The number of nitrogens with one attached hydrogen (secondary N) is 2. The molecule has 7 nitrogen and oxygen atoms in total. The number of aryl methyl sites for hydroxylation is 1. The van der Waals surface area contributed by atoms with Crippen molar-refractivity contribution in [2.24, 2.45) is 10.8 Å². The minimum atomic E-state index is -0.342. The number of hydrogen-bond donors (Lipinski definition) is 3. The highest BCUT2D eigenvalue weighted by atomic mass is 16.5. The standard InChI is InChI=1S/C13H20N4O3/c1-9-16-10(17-20-9)11(19)15-7-13(8-18)6-12(13)2-4-14-5-3-12/h14,18H,2-8H2,1H3,(H,15,19). The Kier molecular flexibility index (Phi) is 3.25. The predicted molar refractivity (Wildman–Crippen MR) is 70.0 cm³/mol. The fourth-order valence-corrected chi connectivity index (χ4v) is 3.47. The molecule has 1 aromatic heterocycles. The molecule has 2 aliphatic rings. The fourth-order valence-electron chi connectivity index (χ4n) is 3.47. The van der Waals surface area contributed by atoms with Crippen molar-refractivity contribution in [1.29, 1.82) is 0 Å². The Labute approximate surface area is 117 Å². The summed E-state index contributed by atoms with van der Waals surface area (Å²) in [5, 5.41) is 19.5. The summed E-state index contributed by atoms with van der Waals surface area (Å²) in [7, 11) is 0. The summed E-state index contributed by atoms with van der Waals surface area (Å²) in [6.07, 6.45) is 3.10. The van der Waals surface area contributed by atoms with Crippen LogP contribution in [-0.2, 0) is 0 Å². The zero-order valence-corrected chi connectivity index (χ0v) is 11.6. The Balaban J connectivity index is 1.61. The Hall–Kier alpha value is -1.47. The molecule has 0 aromatic carbocycles. The van der Waals surface area contributed by atoms with Crippen LogP contribution < -0.4 is 10.6 Å². The maximum atomic E-state index is 11.9. The third kappa shape index (κ3) is 2.10. The average molecular weight is 280 g/mol. The van der Waals surface area contributed by atoms with Gasteiger partial charge in [-0.05, 0) is 37.8 Å². The third-order valence-electron chi connectivity index (χ3n) is 4.86. The van der Waals surface area contributed by atoms with Crippen molar-refractivity contribution >= 4 is 5.91 Å². The number of aromatic nitrogens is 2. The van der Waals surface area contributed by atoms with E-state index >= 15 is 0 Å². The van der Waals surface area contributed by atoms with Gasteiger partial charge in [-0.15, -0.1) is 0 Å². The number of rotatable bonds is 4. The topological polar surface area (TPSA) is 100 Å². The van der Waals surface area contributed by atoms with Crippen LogP contribution in [0.4, 0.5) is 0 Å². The molecule has 1 aliphatic carbocycles. The molecule has 20 heavy (non-hydrogen) atoms. The van der Waals surface area contributed by atoms with Crippen LogP contribution in [0.15, 0.2) is 4.52 Å². The number of amides is 1. The smallest absolute Gasteiger partial charge is 0.292 e. The van der Waals surface area contributed by atoms with E-state index in [0.717, 1.165) is 32.4 Å². The Morgan fingerprint density at radius 2 is 2.25 bits per heavy atom. The predicted octanol–water partition coefficient (Wildman–Crippen LogP) is -0.140. The number of hydrogen-bond acceptors (Lipinski definition) is 6. The zero-order chi connectivity index (χ0) is 14.2. The van der Waals surface area contributed by atoms with Gasteiger partial charge < -0.3 is 20.3 Å². The number of aliphatic hydroxyl groups excluding tert-OH is 1. The molecule has 7 heteroatoms. The first-order chi connectivity index (χ1) is 9.61. The SMILES string of the molecule is Cc1nc(C(=O)NCC2(CO)CC23CCNCC3)no1. The molecular formula is C13H20N4O3. The maximum absolute atomic E-state index is 11.9. The molecule has 1 saturated heterocycles. The highest BCUT2D eigenvalue weighted by Crippen LogP contribution is 2.67. The van der Waals surface area contributed by atoms with Crippen molar-refractivity contribution in [3.8, 4) is 0 Å². The summed E-state index contributed by atoms with van der Waals surface area (Å²) < 4.78 is 4.79. The fraction of sp³-hybridized carbons (Fsp3) is 0.769. The second-order valence-corrected chi connectivity index (χ2v) is 5.97. The monoisotopic (exact) mass is 280 g/mol. The van der Waals surface area contributed by atoms with Gasteiger partial charge in [0.2, 0.25) is 5.89 Å². The second kappa shape index (κ2) is 4.82. The number of aliphatic hydroxyl groups is 1. The molecule has 0 bridgehead atoms. The minimum Gasteiger partial charge on any atom is -0.396 e. The lowest BCUT2D eigenvalue weighted by atomic mass is 9.85. The van der Waals surface area contributed by atoms with Crippen molar-refractivity contribution < 1.29 is 14.4 Å². The van der Waals surface area contributed by atoms with Gasteiger partial charge in [0, 0.05) is 18.9 Å². The Morgan fingerprint density at radius 1 is 1.50 bits per heavy atom. The Morgan fingerprint density at radius 3 is 2.85 bits per heavy atom. The first-order valence-corrected chi connectivity index (χ1v) is 7.01. The summed E-state index contributed by atoms with van der Waals surface area (Å²) in [5.41, 5.74) is 0.0109. The van der Waals surface area contributed by atoms with E-state index in [4.69, 9.17) is 4.52 Å². The first kappa shape index (κ1) is 13.5. The quantitative estimate of drug-likeness (QED) is 0.710. The number of carbonyl (C=O) groups excluding carboxylic acids is 1. The van der Waals surface area contributed by atoms with Crippen LogP contribution >= 0.6 is 0 Å². The van der Waals surface area contributed by atoms with Gasteiger partial charge in [0.1, 0.15) is 0 Å². The van der Waals surface area contributed by atoms with Gasteiger partial charge >= 0.3 is 0 Å². The van der Waals surface area contributed by atoms with E-state index < -0.39 is 0 Å². The van der Waals surface area contributed by atoms with Crippen LogP contribution in [0.1, 0.15) is 35.8 Å². The Bertz CT molecular complexity index is 509. The summed E-state index contributed by atoms with van der Waals surface area (Å²) in [4.78, 5) is 15.8. The lowest BCUT2D eigenvalue weighted by Gasteiger charge is -2.28. The molecule has 2 heterocycles. The normalized spacial score (nSPS) is 27.5. The van der Waals surface area contributed by atoms with Crippen molar-refractivity contribution in [1.82, 2.24) is 20.8 Å². The van der Waals surface area contributed by atoms with Crippen LogP contribution in [0.3, 0.4) is 0 Å². The molecular weight excluding hydrogens is 260 g/mol. The molecule has 1 saturated carbocycles. The van der Waals surface area contributed by atoms with Crippen LogP contribution in [0.25, 0.3) is 0 Å². The molecule has 1 unspecified atom stereocenters. The zero-order valence-electron chi connectivity index (χ0n) is 11.6. The van der Waals surface area contributed by atoms with Gasteiger partial charge in [-0.3, -0.25) is 4.79 Å². The number of nitrogens with zero attached hydrogens (tertiary/aromatic N) is 2. The number of carbonyl (C=O) groups is 1. The van der Waals surface area contributed by atoms with Gasteiger partial charge in [0.25, 0.3) is 11.7 Å². The lowest BCUT2D eigenvalue weighted by Crippen LogP contribution is -2.39. The van der Waals surface area contributed by atoms with Crippen LogP contribution in [-0.4, -0.2) is 47.4 Å². The molecule has 2 fully saturated rings. The summed E-state index contributed by atoms with van der Waals surface area (Å²) in [5.74, 6) is 0.0783. The van der Waals surface area contributed by atoms with E-state index in [2.05, 4.69) is 20.8 Å². The summed E-state index contributed by atoms with van der Waals surface area (Å²) in [6.45, 7) is 4.19. The lowest BCUT2D eigenvalue weighted by molar-refractivity contribution is 0.0900. The molecule has 1 aromatic rings. The van der Waals surface area contributed by atoms with Crippen LogP contribution in [0, 0.1) is 17.8 Å².